The van der Waals surface area contributed by atoms with Crippen molar-refractivity contribution in [3.05, 3.63) is 41.2 Å². The third-order valence-electron chi connectivity index (χ3n) is 3.06. The third kappa shape index (κ3) is 3.32. The van der Waals surface area contributed by atoms with Gasteiger partial charge in [-0.15, -0.1) is 10.2 Å². The molecule has 1 amide bonds. The van der Waals surface area contributed by atoms with Crippen LogP contribution < -0.4 is 16.6 Å². The van der Waals surface area contributed by atoms with Crippen LogP contribution in [0.15, 0.2) is 24.3 Å². The Morgan fingerprint density at radius 2 is 1.86 bits per heavy atom. The summed E-state index contributed by atoms with van der Waals surface area (Å²) in [5, 5.41) is 10.7. The molecule has 0 aliphatic heterocycles. The van der Waals surface area contributed by atoms with E-state index in [-0.39, 0.29) is 11.9 Å². The van der Waals surface area contributed by atoms with Gasteiger partial charge in [0.05, 0.1) is 22.6 Å². The van der Waals surface area contributed by atoms with Gasteiger partial charge in [0.15, 0.2) is 0 Å². The van der Waals surface area contributed by atoms with Crippen LogP contribution in [0.3, 0.4) is 0 Å². The predicted molar refractivity (Wildman–Crippen MR) is 80.8 cm³/mol. The van der Waals surface area contributed by atoms with E-state index >= 15 is 0 Å². The van der Waals surface area contributed by atoms with Crippen LogP contribution in [-0.4, -0.2) is 21.1 Å². The van der Waals surface area contributed by atoms with Gasteiger partial charge in [0.25, 0.3) is 5.91 Å². The zero-order chi connectivity index (χ0) is 15.2. The van der Waals surface area contributed by atoms with Crippen molar-refractivity contribution in [3.8, 4) is 0 Å². The molecule has 0 radical (unpaired) electrons. The Hall–Kier alpha value is -2.54. The lowest BCUT2D eigenvalue weighted by Gasteiger charge is -2.09. The fraction of sp³-hybridized carbons (Fsp3) is 0.286. The summed E-state index contributed by atoms with van der Waals surface area (Å²) in [5.74, 6) is 5.25. The van der Waals surface area contributed by atoms with E-state index < -0.39 is 0 Å². The number of benzene rings is 1. The smallest absolute Gasteiger partial charge is 0.260 e. The van der Waals surface area contributed by atoms with Crippen molar-refractivity contribution in [2.24, 2.45) is 5.84 Å². The van der Waals surface area contributed by atoms with Crippen LogP contribution in [0.4, 0.5) is 11.6 Å². The van der Waals surface area contributed by atoms with Gasteiger partial charge in [-0.05, 0) is 25.0 Å². The van der Waals surface area contributed by atoms with Crippen LogP contribution in [0.2, 0.25) is 0 Å². The first kappa shape index (κ1) is 14.9. The van der Waals surface area contributed by atoms with Crippen molar-refractivity contribution in [3.63, 3.8) is 0 Å². The summed E-state index contributed by atoms with van der Waals surface area (Å²) in [6, 6.07) is 6.92. The first-order valence-corrected chi connectivity index (χ1v) is 6.79. The Kier molecular flexibility index (Phi) is 4.78. The van der Waals surface area contributed by atoms with E-state index in [4.69, 9.17) is 5.84 Å². The number of nitrogens with one attached hydrogen (secondary N) is 2. The number of carbonyl (C=O) groups excluding carboxylic acids is 1. The highest BCUT2D eigenvalue weighted by atomic mass is 16.1. The first-order valence-electron chi connectivity index (χ1n) is 6.79. The maximum absolute atomic E-state index is 12.2. The number of amides is 1. The molecule has 0 fully saturated rings. The molecule has 2 aromatic rings. The third-order valence-corrected chi connectivity index (χ3v) is 3.06. The second kappa shape index (κ2) is 6.76. The van der Waals surface area contributed by atoms with Gasteiger partial charge in [0.1, 0.15) is 0 Å². The van der Waals surface area contributed by atoms with Crippen molar-refractivity contribution in [2.75, 3.05) is 10.7 Å². The summed E-state index contributed by atoms with van der Waals surface area (Å²) >= 11 is 0. The van der Waals surface area contributed by atoms with Gasteiger partial charge in [0, 0.05) is 0 Å². The number of carbonyl (C=O) groups is 1. The normalized spacial score (nSPS) is 10.2. The van der Waals surface area contributed by atoms with Gasteiger partial charge in [-0.25, -0.2) is 4.98 Å². The van der Waals surface area contributed by atoms with E-state index in [0.29, 0.717) is 11.3 Å². The van der Waals surface area contributed by atoms with Gasteiger partial charge in [-0.3, -0.25) is 16.0 Å². The molecule has 0 saturated carbocycles. The van der Waals surface area contributed by atoms with Crippen molar-refractivity contribution in [2.45, 2.75) is 26.7 Å². The number of hydrogen-bond acceptors (Lipinski definition) is 6. The Balaban J connectivity index is 2.23. The van der Waals surface area contributed by atoms with Crippen LogP contribution in [0.25, 0.3) is 0 Å². The highest BCUT2D eigenvalue weighted by Crippen LogP contribution is 2.15. The molecule has 0 atom stereocenters. The minimum atomic E-state index is -0.336. The summed E-state index contributed by atoms with van der Waals surface area (Å²) in [6.07, 6.45) is 1.50. The second-order valence-electron chi connectivity index (χ2n) is 4.38. The average Bonchev–Trinajstić information content (AvgIpc) is 2.54. The monoisotopic (exact) mass is 286 g/mol. The molecule has 1 heterocycles. The molecular formula is C14H18N6O. The van der Waals surface area contributed by atoms with Gasteiger partial charge >= 0.3 is 0 Å². The van der Waals surface area contributed by atoms with E-state index in [0.717, 1.165) is 24.2 Å². The fourth-order valence-electron chi connectivity index (χ4n) is 1.97. The van der Waals surface area contributed by atoms with Gasteiger partial charge < -0.3 is 5.43 Å². The van der Waals surface area contributed by atoms with Crippen LogP contribution in [0.5, 0.6) is 0 Å². The van der Waals surface area contributed by atoms with Crippen molar-refractivity contribution in [1.82, 2.24) is 15.2 Å². The number of anilines is 2. The number of aromatic nitrogens is 3. The van der Waals surface area contributed by atoms with Crippen LogP contribution >= 0.6 is 0 Å². The molecule has 1 aromatic heterocycles. The molecule has 0 saturated heterocycles. The van der Waals surface area contributed by atoms with Crippen LogP contribution in [-0.2, 0) is 12.8 Å². The Labute approximate surface area is 123 Å². The fourth-order valence-corrected chi connectivity index (χ4v) is 1.97. The Morgan fingerprint density at radius 3 is 2.52 bits per heavy atom. The topological polar surface area (TPSA) is 106 Å². The lowest BCUT2D eigenvalue weighted by Crippen LogP contribution is -2.19. The highest BCUT2D eigenvalue weighted by Gasteiger charge is 2.13. The van der Waals surface area contributed by atoms with Crippen LogP contribution in [0.1, 0.15) is 35.6 Å². The highest BCUT2D eigenvalue weighted by molar-refractivity contribution is 6.07. The zero-order valence-electron chi connectivity index (χ0n) is 12.1. The molecule has 0 aliphatic rings. The predicted octanol–water partition coefficient (Wildman–Crippen LogP) is 1.53. The largest absolute Gasteiger partial charge is 0.323 e. The molecule has 4 N–H and O–H groups in total. The molecule has 7 heteroatoms. The Bertz CT molecular complexity index is 643. The molecule has 2 rings (SSSR count). The quantitative estimate of drug-likeness (QED) is 0.568. The molecule has 21 heavy (non-hydrogen) atoms. The van der Waals surface area contributed by atoms with Crippen molar-refractivity contribution >= 4 is 17.5 Å². The number of hydrazine groups is 1. The number of nitrogens with zero attached hydrogens (tertiary/aromatic N) is 3. The SMILES string of the molecule is CCc1nnc(NC(=O)c2ccccc2NN)nc1CC. The van der Waals surface area contributed by atoms with Gasteiger partial charge in [-0.2, -0.15) is 0 Å². The molecule has 0 unspecified atom stereocenters. The molecule has 7 nitrogen and oxygen atoms in total. The second-order valence-corrected chi connectivity index (χ2v) is 4.38. The van der Waals surface area contributed by atoms with Crippen LogP contribution in [0, 0.1) is 0 Å². The molecule has 0 aliphatic carbocycles. The number of nitrogen functional groups attached to an aromatic ring is 1. The van der Waals surface area contributed by atoms with E-state index in [9.17, 15) is 4.79 Å². The average molecular weight is 286 g/mol. The zero-order valence-corrected chi connectivity index (χ0v) is 12.1. The van der Waals surface area contributed by atoms with E-state index in [1.807, 2.05) is 13.8 Å². The Morgan fingerprint density at radius 1 is 1.14 bits per heavy atom. The van der Waals surface area contributed by atoms with E-state index in [2.05, 4.69) is 25.9 Å². The summed E-state index contributed by atoms with van der Waals surface area (Å²) in [5.41, 5.74) is 5.12. The molecular weight excluding hydrogens is 268 g/mol. The maximum atomic E-state index is 12.2. The summed E-state index contributed by atoms with van der Waals surface area (Å²) in [7, 11) is 0. The molecule has 1 aromatic carbocycles. The maximum Gasteiger partial charge on any atom is 0.260 e. The number of nitrogens with two attached hydrogens (primary N) is 1. The number of aryl methyl sites for hydroxylation is 2. The standard InChI is InChI=1S/C14H18N6O/c1-3-10-11(4-2)19-20-14(16-10)17-13(21)9-7-5-6-8-12(9)18-15/h5-8,18H,3-4,15H2,1-2H3,(H,16,17,20,21). The summed E-state index contributed by atoms with van der Waals surface area (Å²) < 4.78 is 0. The molecule has 0 spiro atoms. The lowest BCUT2D eigenvalue weighted by molar-refractivity contribution is 0.102. The molecule has 110 valence electrons. The van der Waals surface area contributed by atoms with E-state index in [1.165, 1.54) is 0 Å². The first-order chi connectivity index (χ1) is 10.2. The van der Waals surface area contributed by atoms with Crippen molar-refractivity contribution < 1.29 is 4.79 Å². The summed E-state index contributed by atoms with van der Waals surface area (Å²) in [4.78, 5) is 16.6. The van der Waals surface area contributed by atoms with E-state index in [1.54, 1.807) is 24.3 Å². The minimum absolute atomic E-state index is 0.195. The minimum Gasteiger partial charge on any atom is -0.323 e. The number of para-hydroxylation sites is 1. The van der Waals surface area contributed by atoms with Gasteiger partial charge in [-0.1, -0.05) is 26.0 Å². The number of rotatable bonds is 5. The lowest BCUT2D eigenvalue weighted by atomic mass is 10.1. The van der Waals surface area contributed by atoms with Gasteiger partial charge in [0.2, 0.25) is 5.95 Å². The summed E-state index contributed by atoms with van der Waals surface area (Å²) in [6.45, 7) is 3.98. The van der Waals surface area contributed by atoms with Crippen molar-refractivity contribution in [1.29, 1.82) is 0 Å². The number of hydrogen-bond donors (Lipinski definition) is 3. The molecule has 0 bridgehead atoms.